The molecule has 2 rings (SSSR count). The van der Waals surface area contributed by atoms with Gasteiger partial charge in [-0.05, 0) is 55.5 Å². The zero-order chi connectivity index (χ0) is 17.7. The number of aryl methyl sites for hydroxylation is 3. The maximum atomic E-state index is 12.2. The van der Waals surface area contributed by atoms with Gasteiger partial charge in [0.15, 0.2) is 6.61 Å². The Kier molecular flexibility index (Phi) is 5.74. The van der Waals surface area contributed by atoms with E-state index >= 15 is 0 Å². The molecule has 0 radical (unpaired) electrons. The summed E-state index contributed by atoms with van der Waals surface area (Å²) < 4.78 is 5.16. The lowest BCUT2D eigenvalue weighted by atomic mass is 10.0. The Morgan fingerprint density at radius 3 is 2.38 bits per heavy atom. The van der Waals surface area contributed by atoms with Crippen molar-refractivity contribution in [2.24, 2.45) is 0 Å². The molecule has 0 fully saturated rings. The van der Waals surface area contributed by atoms with Crippen LogP contribution >= 0.6 is 0 Å². The van der Waals surface area contributed by atoms with Crippen LogP contribution in [0.2, 0.25) is 0 Å². The third-order valence-corrected chi connectivity index (χ3v) is 4.16. The summed E-state index contributed by atoms with van der Waals surface area (Å²) in [5.41, 5.74) is 5.23. The van der Waals surface area contributed by atoms with Crippen LogP contribution < -0.4 is 5.32 Å². The minimum absolute atomic E-state index is 0.302. The van der Waals surface area contributed by atoms with Crippen LogP contribution in [-0.2, 0) is 16.0 Å². The molecule has 0 bridgehead atoms. The molecule has 2 aromatic carbocycles. The summed E-state index contributed by atoms with van der Waals surface area (Å²) in [5.74, 6) is -0.815. The minimum atomic E-state index is -0.480. The number of hydrogen-bond donors (Lipinski definition) is 1. The molecule has 126 valence electrons. The van der Waals surface area contributed by atoms with Gasteiger partial charge in [-0.25, -0.2) is 4.79 Å². The van der Waals surface area contributed by atoms with E-state index in [1.54, 1.807) is 12.1 Å². The number of nitrogens with one attached hydrogen (secondary N) is 1. The summed E-state index contributed by atoms with van der Waals surface area (Å²) in [4.78, 5) is 24.3. The van der Waals surface area contributed by atoms with Crippen LogP contribution in [0.15, 0.2) is 36.4 Å². The van der Waals surface area contributed by atoms with Crippen LogP contribution in [0, 0.1) is 20.8 Å². The van der Waals surface area contributed by atoms with Gasteiger partial charge in [-0.3, -0.25) is 4.79 Å². The monoisotopic (exact) mass is 325 g/mol. The van der Waals surface area contributed by atoms with Crippen molar-refractivity contribution in [3.63, 3.8) is 0 Å². The number of anilines is 1. The molecule has 1 amide bonds. The van der Waals surface area contributed by atoms with Crippen molar-refractivity contribution in [1.29, 1.82) is 0 Å². The maximum Gasteiger partial charge on any atom is 0.338 e. The molecule has 0 spiro atoms. The van der Waals surface area contributed by atoms with Gasteiger partial charge >= 0.3 is 5.97 Å². The highest BCUT2D eigenvalue weighted by atomic mass is 16.5. The molecule has 0 aliphatic rings. The third-order valence-electron chi connectivity index (χ3n) is 4.16. The van der Waals surface area contributed by atoms with Crippen molar-refractivity contribution in [2.75, 3.05) is 11.9 Å². The van der Waals surface area contributed by atoms with E-state index in [9.17, 15) is 9.59 Å². The fourth-order valence-corrected chi connectivity index (χ4v) is 2.56. The summed E-state index contributed by atoms with van der Waals surface area (Å²) >= 11 is 0. The van der Waals surface area contributed by atoms with Gasteiger partial charge in [0.2, 0.25) is 0 Å². The number of carbonyl (C=O) groups excluding carboxylic acids is 2. The summed E-state index contributed by atoms with van der Waals surface area (Å²) in [6.45, 7) is 7.47. The van der Waals surface area contributed by atoms with Gasteiger partial charge in [0.1, 0.15) is 0 Å². The van der Waals surface area contributed by atoms with Crippen LogP contribution in [-0.4, -0.2) is 18.5 Å². The second kappa shape index (κ2) is 7.77. The first-order valence-corrected chi connectivity index (χ1v) is 8.05. The SMILES string of the molecule is CCc1cccc(C)c1NC(=O)COC(=O)c1cccc(C)c1C. The van der Waals surface area contributed by atoms with Crippen molar-refractivity contribution in [3.05, 3.63) is 64.2 Å². The van der Waals surface area contributed by atoms with Crippen molar-refractivity contribution >= 4 is 17.6 Å². The van der Waals surface area contributed by atoms with Crippen LogP contribution in [0.1, 0.15) is 39.5 Å². The minimum Gasteiger partial charge on any atom is -0.452 e. The average molecular weight is 325 g/mol. The second-order valence-corrected chi connectivity index (χ2v) is 5.83. The summed E-state index contributed by atoms with van der Waals surface area (Å²) in [6.07, 6.45) is 0.819. The molecule has 0 heterocycles. The van der Waals surface area contributed by atoms with Gasteiger partial charge in [0.25, 0.3) is 5.91 Å². The number of amides is 1. The number of benzene rings is 2. The van der Waals surface area contributed by atoms with Gasteiger partial charge < -0.3 is 10.1 Å². The quantitative estimate of drug-likeness (QED) is 0.846. The topological polar surface area (TPSA) is 55.4 Å². The Morgan fingerprint density at radius 2 is 1.67 bits per heavy atom. The lowest BCUT2D eigenvalue weighted by Gasteiger charge is -2.13. The fourth-order valence-electron chi connectivity index (χ4n) is 2.56. The van der Waals surface area contributed by atoms with Crippen LogP contribution in [0.5, 0.6) is 0 Å². The first kappa shape index (κ1) is 17.7. The Morgan fingerprint density at radius 1 is 1.00 bits per heavy atom. The number of rotatable bonds is 5. The predicted octanol–water partition coefficient (Wildman–Crippen LogP) is 3.97. The van der Waals surface area contributed by atoms with Gasteiger partial charge in [0.05, 0.1) is 5.56 Å². The van der Waals surface area contributed by atoms with Crippen LogP contribution in [0.4, 0.5) is 5.69 Å². The van der Waals surface area contributed by atoms with Gasteiger partial charge in [-0.15, -0.1) is 0 Å². The van der Waals surface area contributed by atoms with Crippen molar-refractivity contribution in [1.82, 2.24) is 0 Å². The van der Waals surface area contributed by atoms with E-state index < -0.39 is 5.97 Å². The molecule has 0 aromatic heterocycles. The van der Waals surface area contributed by atoms with Crippen molar-refractivity contribution in [2.45, 2.75) is 34.1 Å². The molecule has 0 atom stereocenters. The summed E-state index contributed by atoms with van der Waals surface area (Å²) in [6, 6.07) is 11.3. The average Bonchev–Trinajstić information content (AvgIpc) is 2.57. The number of ether oxygens (including phenoxy) is 1. The third kappa shape index (κ3) is 4.02. The highest BCUT2D eigenvalue weighted by Crippen LogP contribution is 2.21. The molecule has 0 aliphatic carbocycles. The molecule has 0 unspecified atom stereocenters. The molecular formula is C20H23NO3. The standard InChI is InChI=1S/C20H23NO3/c1-5-16-10-6-9-14(3)19(16)21-18(22)12-24-20(23)17-11-7-8-13(2)15(17)4/h6-11H,5,12H2,1-4H3,(H,21,22). The van der Waals surface area contributed by atoms with E-state index in [1.807, 2.05) is 52.0 Å². The van der Waals surface area contributed by atoms with Crippen molar-refractivity contribution in [3.8, 4) is 0 Å². The number of hydrogen-bond acceptors (Lipinski definition) is 3. The highest BCUT2D eigenvalue weighted by molar-refractivity contribution is 5.97. The van der Waals surface area contributed by atoms with E-state index in [1.165, 1.54) is 0 Å². The smallest absolute Gasteiger partial charge is 0.338 e. The Bertz CT molecular complexity index is 765. The van der Waals surface area contributed by atoms with Crippen molar-refractivity contribution < 1.29 is 14.3 Å². The predicted molar refractivity (Wildman–Crippen MR) is 95.4 cm³/mol. The molecule has 4 heteroatoms. The fraction of sp³-hybridized carbons (Fsp3) is 0.300. The molecule has 4 nitrogen and oxygen atoms in total. The largest absolute Gasteiger partial charge is 0.452 e. The van der Waals surface area contributed by atoms with E-state index in [-0.39, 0.29) is 12.5 Å². The lowest BCUT2D eigenvalue weighted by molar-refractivity contribution is -0.119. The highest BCUT2D eigenvalue weighted by Gasteiger charge is 2.14. The van der Waals surface area contributed by atoms with Gasteiger partial charge in [-0.2, -0.15) is 0 Å². The Labute approximate surface area is 142 Å². The Balaban J connectivity index is 2.01. The summed E-state index contributed by atoms with van der Waals surface area (Å²) in [5, 5.41) is 2.85. The zero-order valence-corrected chi connectivity index (χ0v) is 14.6. The maximum absolute atomic E-state index is 12.2. The van der Waals surface area contributed by atoms with E-state index in [2.05, 4.69) is 5.32 Å². The van der Waals surface area contributed by atoms with Crippen LogP contribution in [0.3, 0.4) is 0 Å². The van der Waals surface area contributed by atoms with E-state index in [0.717, 1.165) is 34.4 Å². The van der Waals surface area contributed by atoms with E-state index in [0.29, 0.717) is 5.56 Å². The molecule has 0 saturated carbocycles. The van der Waals surface area contributed by atoms with Crippen LogP contribution in [0.25, 0.3) is 0 Å². The lowest BCUT2D eigenvalue weighted by Crippen LogP contribution is -2.22. The molecule has 0 saturated heterocycles. The summed E-state index contributed by atoms with van der Waals surface area (Å²) in [7, 11) is 0. The molecule has 24 heavy (non-hydrogen) atoms. The number of carbonyl (C=O) groups is 2. The number of para-hydroxylation sites is 1. The van der Waals surface area contributed by atoms with E-state index in [4.69, 9.17) is 4.74 Å². The number of esters is 1. The molecule has 0 aliphatic heterocycles. The molecule has 2 aromatic rings. The first-order valence-electron chi connectivity index (χ1n) is 8.05. The van der Waals surface area contributed by atoms with Gasteiger partial charge in [-0.1, -0.05) is 37.3 Å². The zero-order valence-electron chi connectivity index (χ0n) is 14.6. The Hall–Kier alpha value is -2.62. The first-order chi connectivity index (χ1) is 11.4. The normalized spacial score (nSPS) is 10.3. The second-order valence-electron chi connectivity index (χ2n) is 5.83. The molecule has 1 N–H and O–H groups in total. The molecular weight excluding hydrogens is 302 g/mol. The van der Waals surface area contributed by atoms with Gasteiger partial charge in [0, 0.05) is 5.69 Å².